The maximum atomic E-state index is 13.6. The summed E-state index contributed by atoms with van der Waals surface area (Å²) in [6, 6.07) is 9.20. The second-order valence-corrected chi connectivity index (χ2v) is 5.32. The first kappa shape index (κ1) is 16.8. The Bertz CT molecular complexity index is 970. The summed E-state index contributed by atoms with van der Waals surface area (Å²) < 4.78 is 52.2. The summed E-state index contributed by atoms with van der Waals surface area (Å²) in [5.41, 5.74) is -1.06. The maximum Gasteiger partial charge on any atom is 0.433 e. The van der Waals surface area contributed by atoms with E-state index in [2.05, 4.69) is 15.3 Å². The lowest BCUT2D eigenvalue weighted by atomic mass is 10.1. The number of pyridine rings is 2. The maximum absolute atomic E-state index is 13.6. The quantitative estimate of drug-likeness (QED) is 0.700. The molecule has 2 aromatic heterocycles. The van der Waals surface area contributed by atoms with Gasteiger partial charge in [0, 0.05) is 5.39 Å². The Morgan fingerprint density at radius 1 is 1.08 bits per heavy atom. The molecule has 3 rings (SSSR count). The number of nitrogens with zero attached hydrogens (tertiary/aromatic N) is 2. The van der Waals surface area contributed by atoms with Crippen molar-refractivity contribution in [2.75, 3.05) is 5.32 Å². The van der Waals surface area contributed by atoms with E-state index in [1.165, 1.54) is 37.3 Å². The monoisotopic (exact) mass is 349 g/mol. The molecule has 2 heterocycles. The SMILES string of the molecule is Cc1cc(C(F)(F)F)nc2nc(NC(=O)c3ccccc3F)ccc12. The van der Waals surface area contributed by atoms with Crippen molar-refractivity contribution in [1.29, 1.82) is 0 Å². The number of halogens is 4. The highest BCUT2D eigenvalue weighted by atomic mass is 19.4. The largest absolute Gasteiger partial charge is 0.433 e. The molecule has 0 bridgehead atoms. The van der Waals surface area contributed by atoms with E-state index in [9.17, 15) is 22.4 Å². The van der Waals surface area contributed by atoms with Crippen molar-refractivity contribution in [2.24, 2.45) is 0 Å². The van der Waals surface area contributed by atoms with Crippen LogP contribution in [0.5, 0.6) is 0 Å². The minimum Gasteiger partial charge on any atom is -0.306 e. The Morgan fingerprint density at radius 2 is 1.80 bits per heavy atom. The Labute approximate surface area is 139 Å². The fourth-order valence-corrected chi connectivity index (χ4v) is 2.31. The molecule has 0 aliphatic heterocycles. The molecule has 0 fully saturated rings. The molecular weight excluding hydrogens is 338 g/mol. The van der Waals surface area contributed by atoms with Crippen molar-refractivity contribution in [3.63, 3.8) is 0 Å². The summed E-state index contributed by atoms with van der Waals surface area (Å²) in [7, 11) is 0. The van der Waals surface area contributed by atoms with Gasteiger partial charge in [0.1, 0.15) is 17.3 Å². The lowest BCUT2D eigenvalue weighted by molar-refractivity contribution is -0.141. The highest BCUT2D eigenvalue weighted by Crippen LogP contribution is 2.30. The van der Waals surface area contributed by atoms with Gasteiger partial charge in [-0.2, -0.15) is 13.2 Å². The minimum atomic E-state index is -4.60. The number of amides is 1. The second-order valence-electron chi connectivity index (χ2n) is 5.32. The van der Waals surface area contributed by atoms with Gasteiger partial charge in [0.15, 0.2) is 5.65 Å². The lowest BCUT2D eigenvalue weighted by Crippen LogP contribution is -2.15. The van der Waals surface area contributed by atoms with Gasteiger partial charge in [-0.15, -0.1) is 0 Å². The molecule has 8 heteroatoms. The van der Waals surface area contributed by atoms with E-state index in [0.717, 1.165) is 12.1 Å². The van der Waals surface area contributed by atoms with Crippen LogP contribution in [-0.2, 0) is 6.18 Å². The molecule has 0 aliphatic rings. The average Bonchev–Trinajstić information content (AvgIpc) is 2.54. The Morgan fingerprint density at radius 3 is 2.48 bits per heavy atom. The fraction of sp³-hybridized carbons (Fsp3) is 0.118. The smallest absolute Gasteiger partial charge is 0.306 e. The molecule has 1 N–H and O–H groups in total. The van der Waals surface area contributed by atoms with E-state index < -0.39 is 23.6 Å². The van der Waals surface area contributed by atoms with Gasteiger partial charge in [-0.05, 0) is 42.8 Å². The van der Waals surface area contributed by atoms with Gasteiger partial charge in [-0.3, -0.25) is 4.79 Å². The highest BCUT2D eigenvalue weighted by molar-refractivity contribution is 6.04. The number of benzene rings is 1. The van der Waals surface area contributed by atoms with Crippen molar-refractivity contribution in [2.45, 2.75) is 13.1 Å². The molecule has 25 heavy (non-hydrogen) atoms. The van der Waals surface area contributed by atoms with Crippen LogP contribution in [-0.4, -0.2) is 15.9 Å². The molecule has 0 saturated carbocycles. The number of carbonyl (C=O) groups excluding carboxylic acids is 1. The number of rotatable bonds is 2. The highest BCUT2D eigenvalue weighted by Gasteiger charge is 2.33. The van der Waals surface area contributed by atoms with Crippen LogP contribution >= 0.6 is 0 Å². The molecule has 128 valence electrons. The van der Waals surface area contributed by atoms with Crippen molar-refractivity contribution < 1.29 is 22.4 Å². The Balaban J connectivity index is 1.98. The number of carbonyl (C=O) groups is 1. The zero-order valence-electron chi connectivity index (χ0n) is 12.9. The molecule has 0 aliphatic carbocycles. The van der Waals surface area contributed by atoms with Crippen LogP contribution in [0.15, 0.2) is 42.5 Å². The Hall–Kier alpha value is -3.03. The molecule has 1 aromatic carbocycles. The zero-order valence-corrected chi connectivity index (χ0v) is 12.9. The van der Waals surface area contributed by atoms with Crippen LogP contribution in [0.25, 0.3) is 11.0 Å². The molecule has 0 unspecified atom stereocenters. The van der Waals surface area contributed by atoms with Gasteiger partial charge in [-0.25, -0.2) is 14.4 Å². The third-order valence-corrected chi connectivity index (χ3v) is 3.53. The normalized spacial score (nSPS) is 11.6. The van der Waals surface area contributed by atoms with Gasteiger partial charge >= 0.3 is 6.18 Å². The fourth-order valence-electron chi connectivity index (χ4n) is 2.31. The third kappa shape index (κ3) is 3.42. The molecule has 0 saturated heterocycles. The van der Waals surface area contributed by atoms with Gasteiger partial charge in [-0.1, -0.05) is 12.1 Å². The predicted octanol–water partition coefficient (Wildman–Crippen LogP) is 4.35. The summed E-state index contributed by atoms with van der Waals surface area (Å²) in [4.78, 5) is 19.5. The van der Waals surface area contributed by atoms with Crippen LogP contribution in [0.3, 0.4) is 0 Å². The van der Waals surface area contributed by atoms with Gasteiger partial charge in [0.2, 0.25) is 0 Å². The molecule has 0 atom stereocenters. The van der Waals surface area contributed by atoms with Crippen LogP contribution in [0.2, 0.25) is 0 Å². The van der Waals surface area contributed by atoms with E-state index >= 15 is 0 Å². The number of fused-ring (bicyclic) bond motifs is 1. The van der Waals surface area contributed by atoms with E-state index in [-0.39, 0.29) is 17.0 Å². The first-order valence-corrected chi connectivity index (χ1v) is 7.17. The standard InChI is InChI=1S/C17H11F4N3O/c1-9-8-13(17(19,20)21)22-15-10(9)6-7-14(23-15)24-16(25)11-4-2-3-5-12(11)18/h2-8H,1H3,(H,22,23,24,25). The van der Waals surface area contributed by atoms with Crippen LogP contribution in [0.4, 0.5) is 23.4 Å². The predicted molar refractivity (Wildman–Crippen MR) is 83.6 cm³/mol. The molecule has 4 nitrogen and oxygen atoms in total. The number of hydrogen-bond acceptors (Lipinski definition) is 3. The summed E-state index contributed by atoms with van der Waals surface area (Å²) in [6.45, 7) is 1.51. The molecule has 3 aromatic rings. The molecule has 0 radical (unpaired) electrons. The van der Waals surface area contributed by atoms with Crippen LogP contribution in [0.1, 0.15) is 21.6 Å². The van der Waals surface area contributed by atoms with Crippen molar-refractivity contribution in [1.82, 2.24) is 9.97 Å². The first-order valence-electron chi connectivity index (χ1n) is 7.17. The van der Waals surface area contributed by atoms with Crippen LogP contribution < -0.4 is 5.32 Å². The summed E-state index contributed by atoms with van der Waals surface area (Å²) in [5, 5.41) is 2.79. The van der Waals surface area contributed by atoms with E-state index in [1.54, 1.807) is 0 Å². The number of aryl methyl sites for hydroxylation is 1. The molecule has 1 amide bonds. The van der Waals surface area contributed by atoms with E-state index in [1.807, 2.05) is 0 Å². The zero-order chi connectivity index (χ0) is 18.2. The van der Waals surface area contributed by atoms with Crippen LogP contribution in [0, 0.1) is 12.7 Å². The lowest BCUT2D eigenvalue weighted by Gasteiger charge is -2.10. The van der Waals surface area contributed by atoms with Gasteiger partial charge < -0.3 is 5.32 Å². The molecule has 0 spiro atoms. The Kier molecular flexibility index (Phi) is 4.12. The van der Waals surface area contributed by atoms with Crippen molar-refractivity contribution in [3.05, 3.63) is 65.1 Å². The minimum absolute atomic E-state index is 0.0213. The second kappa shape index (κ2) is 6.12. The van der Waals surface area contributed by atoms with E-state index in [4.69, 9.17) is 0 Å². The number of nitrogens with one attached hydrogen (secondary N) is 1. The first-order chi connectivity index (χ1) is 11.8. The number of hydrogen-bond donors (Lipinski definition) is 1. The third-order valence-electron chi connectivity index (χ3n) is 3.53. The topological polar surface area (TPSA) is 54.9 Å². The van der Waals surface area contributed by atoms with Crippen molar-refractivity contribution >= 4 is 22.8 Å². The van der Waals surface area contributed by atoms with E-state index in [0.29, 0.717) is 10.9 Å². The number of aromatic nitrogens is 2. The molecular formula is C17H11F4N3O. The number of alkyl halides is 3. The van der Waals surface area contributed by atoms with Gasteiger partial charge in [0.25, 0.3) is 5.91 Å². The average molecular weight is 349 g/mol. The van der Waals surface area contributed by atoms with Gasteiger partial charge in [0.05, 0.1) is 5.56 Å². The summed E-state index contributed by atoms with van der Waals surface area (Å²) in [5.74, 6) is -1.49. The number of anilines is 1. The summed E-state index contributed by atoms with van der Waals surface area (Å²) in [6.07, 6.45) is -4.60. The van der Waals surface area contributed by atoms with Crippen molar-refractivity contribution in [3.8, 4) is 0 Å². The summed E-state index contributed by atoms with van der Waals surface area (Å²) >= 11 is 0.